The number of hydrogen-bond donors (Lipinski definition) is 1. The van der Waals surface area contributed by atoms with Gasteiger partial charge in [-0.25, -0.2) is 9.48 Å². The Kier molecular flexibility index (Phi) is 3.92. The van der Waals surface area contributed by atoms with Crippen molar-refractivity contribution in [1.82, 2.24) is 15.0 Å². The lowest BCUT2D eigenvalue weighted by Crippen LogP contribution is -2.09. The quantitative estimate of drug-likeness (QED) is 0.877. The van der Waals surface area contributed by atoms with Crippen molar-refractivity contribution in [3.8, 4) is 0 Å². The highest BCUT2D eigenvalue weighted by atomic mass is 35.5. The standard InChI is InChI=1S/C11H10Cl2N4O2/c1-19-11(18)9-10(14)17(16-15-9)5-6-3-2-4-7(12)8(6)13/h2-4H,5,14H2,1H3. The molecule has 6 nitrogen and oxygen atoms in total. The summed E-state index contributed by atoms with van der Waals surface area (Å²) in [5.41, 5.74) is 6.47. The highest BCUT2D eigenvalue weighted by Gasteiger charge is 2.18. The molecule has 0 aliphatic carbocycles. The number of carbonyl (C=O) groups is 1. The number of nitrogens with zero attached hydrogens (tertiary/aromatic N) is 3. The van der Waals surface area contributed by atoms with Crippen molar-refractivity contribution in [2.45, 2.75) is 6.54 Å². The minimum Gasteiger partial charge on any atom is -0.464 e. The Morgan fingerprint density at radius 2 is 2.21 bits per heavy atom. The Hall–Kier alpha value is -1.79. The lowest BCUT2D eigenvalue weighted by molar-refractivity contribution is 0.0595. The molecule has 0 atom stereocenters. The molecule has 0 saturated heterocycles. The molecule has 0 aliphatic rings. The van der Waals surface area contributed by atoms with Crippen LogP contribution in [0.1, 0.15) is 16.1 Å². The first kappa shape index (κ1) is 13.6. The molecule has 2 aromatic rings. The van der Waals surface area contributed by atoms with E-state index in [2.05, 4.69) is 15.0 Å². The molecular weight excluding hydrogens is 291 g/mol. The second kappa shape index (κ2) is 5.46. The number of benzene rings is 1. The molecule has 1 aromatic carbocycles. The van der Waals surface area contributed by atoms with Crippen LogP contribution in [0.4, 0.5) is 5.82 Å². The molecule has 0 aliphatic heterocycles. The second-order valence-electron chi connectivity index (χ2n) is 3.69. The van der Waals surface area contributed by atoms with Crippen molar-refractivity contribution in [3.63, 3.8) is 0 Å². The number of rotatable bonds is 3. The summed E-state index contributed by atoms with van der Waals surface area (Å²) < 4.78 is 5.89. The van der Waals surface area contributed by atoms with Gasteiger partial charge in [-0.2, -0.15) is 0 Å². The predicted molar refractivity (Wildman–Crippen MR) is 71.3 cm³/mol. The van der Waals surface area contributed by atoms with Crippen LogP contribution in [0.15, 0.2) is 18.2 Å². The number of nitrogen functional groups attached to an aromatic ring is 1. The summed E-state index contributed by atoms with van der Waals surface area (Å²) in [5, 5.41) is 8.31. The third-order valence-corrected chi connectivity index (χ3v) is 3.36. The lowest BCUT2D eigenvalue weighted by Gasteiger charge is -2.06. The number of ether oxygens (including phenoxy) is 1. The van der Waals surface area contributed by atoms with Gasteiger partial charge in [-0.15, -0.1) is 5.10 Å². The summed E-state index contributed by atoms with van der Waals surface area (Å²) in [6, 6.07) is 5.23. The average Bonchev–Trinajstić information content (AvgIpc) is 2.76. The van der Waals surface area contributed by atoms with Crippen LogP contribution < -0.4 is 5.73 Å². The van der Waals surface area contributed by atoms with E-state index in [-0.39, 0.29) is 18.1 Å². The number of esters is 1. The summed E-state index contributed by atoms with van der Waals surface area (Å²) in [4.78, 5) is 11.4. The Morgan fingerprint density at radius 1 is 1.47 bits per heavy atom. The number of anilines is 1. The van der Waals surface area contributed by atoms with Crippen LogP contribution in [0.25, 0.3) is 0 Å². The van der Waals surface area contributed by atoms with E-state index in [1.807, 2.05) is 0 Å². The Morgan fingerprint density at radius 3 is 2.89 bits per heavy atom. The molecule has 0 spiro atoms. The fraction of sp³-hybridized carbons (Fsp3) is 0.182. The van der Waals surface area contributed by atoms with E-state index in [1.54, 1.807) is 18.2 Å². The van der Waals surface area contributed by atoms with E-state index < -0.39 is 5.97 Å². The van der Waals surface area contributed by atoms with Crippen molar-refractivity contribution >= 4 is 35.0 Å². The van der Waals surface area contributed by atoms with Gasteiger partial charge in [0.2, 0.25) is 5.69 Å². The smallest absolute Gasteiger partial charge is 0.362 e. The van der Waals surface area contributed by atoms with Gasteiger partial charge in [-0.3, -0.25) is 0 Å². The molecule has 0 unspecified atom stereocenters. The van der Waals surface area contributed by atoms with Crippen molar-refractivity contribution in [2.24, 2.45) is 0 Å². The zero-order valence-corrected chi connectivity index (χ0v) is 11.4. The molecule has 100 valence electrons. The van der Waals surface area contributed by atoms with E-state index in [1.165, 1.54) is 11.8 Å². The number of aromatic nitrogens is 3. The predicted octanol–water partition coefficient (Wildman–Crippen LogP) is 2.00. The minimum absolute atomic E-state index is 0.0272. The van der Waals surface area contributed by atoms with Gasteiger partial charge in [0.1, 0.15) is 0 Å². The molecule has 1 aromatic heterocycles. The molecule has 0 radical (unpaired) electrons. The molecule has 19 heavy (non-hydrogen) atoms. The van der Waals surface area contributed by atoms with Gasteiger partial charge >= 0.3 is 5.97 Å². The van der Waals surface area contributed by atoms with E-state index in [0.29, 0.717) is 10.0 Å². The van der Waals surface area contributed by atoms with Crippen LogP contribution in [0, 0.1) is 0 Å². The van der Waals surface area contributed by atoms with Gasteiger partial charge in [0.15, 0.2) is 5.82 Å². The first-order valence-electron chi connectivity index (χ1n) is 5.24. The Balaban J connectivity index is 2.32. The average molecular weight is 301 g/mol. The maximum Gasteiger partial charge on any atom is 0.362 e. The molecule has 8 heteroatoms. The van der Waals surface area contributed by atoms with Crippen LogP contribution in [0.3, 0.4) is 0 Å². The van der Waals surface area contributed by atoms with Crippen molar-refractivity contribution < 1.29 is 9.53 Å². The van der Waals surface area contributed by atoms with Gasteiger partial charge in [0.25, 0.3) is 0 Å². The van der Waals surface area contributed by atoms with Crippen LogP contribution >= 0.6 is 23.2 Å². The number of methoxy groups -OCH3 is 1. The molecule has 0 amide bonds. The van der Waals surface area contributed by atoms with Crippen molar-refractivity contribution in [2.75, 3.05) is 12.8 Å². The van der Waals surface area contributed by atoms with E-state index in [4.69, 9.17) is 28.9 Å². The number of nitrogens with two attached hydrogens (primary N) is 1. The maximum absolute atomic E-state index is 11.4. The fourth-order valence-electron chi connectivity index (χ4n) is 1.51. The zero-order chi connectivity index (χ0) is 14.0. The number of halogens is 2. The Labute approximate surface area is 119 Å². The highest BCUT2D eigenvalue weighted by molar-refractivity contribution is 6.42. The summed E-state index contributed by atoms with van der Waals surface area (Å²) >= 11 is 12.0. The second-order valence-corrected chi connectivity index (χ2v) is 4.47. The van der Waals surface area contributed by atoms with Gasteiger partial charge in [0, 0.05) is 0 Å². The van der Waals surface area contributed by atoms with Gasteiger partial charge in [0.05, 0.1) is 23.7 Å². The molecule has 0 saturated carbocycles. The topological polar surface area (TPSA) is 83.0 Å². The van der Waals surface area contributed by atoms with Crippen LogP contribution in [-0.2, 0) is 11.3 Å². The summed E-state index contributed by atoms with van der Waals surface area (Å²) in [6.45, 7) is 0.259. The minimum atomic E-state index is -0.638. The van der Waals surface area contributed by atoms with E-state index in [9.17, 15) is 4.79 Å². The Bertz CT molecular complexity index is 627. The van der Waals surface area contributed by atoms with Gasteiger partial charge in [-0.1, -0.05) is 40.5 Å². The molecule has 1 heterocycles. The van der Waals surface area contributed by atoms with Crippen molar-refractivity contribution in [1.29, 1.82) is 0 Å². The fourth-order valence-corrected chi connectivity index (χ4v) is 1.89. The van der Waals surface area contributed by atoms with Crippen LogP contribution in [0.2, 0.25) is 10.0 Å². The molecule has 2 rings (SSSR count). The van der Waals surface area contributed by atoms with Crippen LogP contribution in [-0.4, -0.2) is 28.1 Å². The largest absolute Gasteiger partial charge is 0.464 e. The summed E-state index contributed by atoms with van der Waals surface area (Å²) in [6.07, 6.45) is 0. The van der Waals surface area contributed by atoms with Gasteiger partial charge in [-0.05, 0) is 11.6 Å². The third-order valence-electron chi connectivity index (χ3n) is 2.50. The first-order valence-corrected chi connectivity index (χ1v) is 6.00. The highest BCUT2D eigenvalue weighted by Crippen LogP contribution is 2.26. The molecular formula is C11H10Cl2N4O2. The monoisotopic (exact) mass is 300 g/mol. The first-order chi connectivity index (χ1) is 9.04. The molecule has 2 N–H and O–H groups in total. The maximum atomic E-state index is 11.4. The summed E-state index contributed by atoms with van der Waals surface area (Å²) in [5.74, 6) is -0.524. The zero-order valence-electron chi connectivity index (χ0n) is 9.93. The summed E-state index contributed by atoms with van der Waals surface area (Å²) in [7, 11) is 1.24. The van der Waals surface area contributed by atoms with E-state index in [0.717, 1.165) is 5.56 Å². The van der Waals surface area contributed by atoms with Crippen LogP contribution in [0.5, 0.6) is 0 Å². The van der Waals surface area contributed by atoms with Gasteiger partial charge < -0.3 is 10.5 Å². The molecule has 0 bridgehead atoms. The third kappa shape index (κ3) is 2.64. The number of carbonyl (C=O) groups excluding carboxylic acids is 1. The van der Waals surface area contributed by atoms with Crippen molar-refractivity contribution in [3.05, 3.63) is 39.5 Å². The normalized spacial score (nSPS) is 10.5. The SMILES string of the molecule is COC(=O)c1nnn(Cc2cccc(Cl)c2Cl)c1N. The lowest BCUT2D eigenvalue weighted by atomic mass is 10.2. The number of hydrogen-bond acceptors (Lipinski definition) is 5. The molecule has 0 fully saturated rings. The van der Waals surface area contributed by atoms with E-state index >= 15 is 0 Å².